The minimum absolute atomic E-state index is 0.131. The van der Waals surface area contributed by atoms with Gasteiger partial charge >= 0.3 is 17.9 Å². The van der Waals surface area contributed by atoms with Crippen LogP contribution in [0.5, 0.6) is 0 Å². The summed E-state index contributed by atoms with van der Waals surface area (Å²) in [7, 11) is 0. The molecule has 0 saturated carbocycles. The van der Waals surface area contributed by atoms with Crippen molar-refractivity contribution in [3.8, 4) is 0 Å². The number of carbonyl (C=O) groups is 3. The molecule has 0 fully saturated rings. The van der Waals surface area contributed by atoms with Crippen molar-refractivity contribution in [3.63, 3.8) is 0 Å². The van der Waals surface area contributed by atoms with Gasteiger partial charge in [-0.1, -0.05) is 174 Å². The van der Waals surface area contributed by atoms with Gasteiger partial charge in [-0.2, -0.15) is 0 Å². The number of ether oxygens (including phenoxy) is 3. The molecule has 58 heavy (non-hydrogen) atoms. The van der Waals surface area contributed by atoms with E-state index in [1.165, 1.54) is 0 Å². The predicted molar refractivity (Wildman–Crippen MR) is 246 cm³/mol. The van der Waals surface area contributed by atoms with Gasteiger partial charge in [-0.3, -0.25) is 14.4 Å². The van der Waals surface area contributed by atoms with E-state index in [4.69, 9.17) is 14.2 Å². The van der Waals surface area contributed by atoms with E-state index >= 15 is 0 Å². The average Bonchev–Trinajstić information content (AvgIpc) is 3.22. The Morgan fingerprint density at radius 3 is 1.24 bits per heavy atom. The van der Waals surface area contributed by atoms with Gasteiger partial charge in [0.05, 0.1) is 0 Å². The Hall–Kier alpha value is -4.45. The number of hydrogen-bond acceptors (Lipinski definition) is 6. The largest absolute Gasteiger partial charge is 0.462 e. The summed E-state index contributed by atoms with van der Waals surface area (Å²) in [6.45, 7) is 6.11. The monoisotopic (exact) mass is 799 g/mol. The third kappa shape index (κ3) is 42.7. The Kier molecular flexibility index (Phi) is 41.8. The second-order valence-corrected chi connectivity index (χ2v) is 13.9. The van der Waals surface area contributed by atoms with Crippen LogP contribution in [0.4, 0.5) is 0 Å². The highest BCUT2D eigenvalue weighted by molar-refractivity contribution is 5.71. The number of unbranched alkanes of at least 4 members (excludes halogenated alkanes) is 8. The fourth-order valence-corrected chi connectivity index (χ4v) is 5.26. The third-order valence-electron chi connectivity index (χ3n) is 8.51. The van der Waals surface area contributed by atoms with E-state index in [9.17, 15) is 14.4 Å². The van der Waals surface area contributed by atoms with Gasteiger partial charge in [0.25, 0.3) is 0 Å². The summed E-state index contributed by atoms with van der Waals surface area (Å²) in [6.07, 6.45) is 63.0. The fraction of sp³-hybridized carbons (Fsp3) is 0.519. The predicted octanol–water partition coefficient (Wildman–Crippen LogP) is 14.4. The van der Waals surface area contributed by atoms with Crippen molar-refractivity contribution >= 4 is 17.9 Å². The van der Waals surface area contributed by atoms with Gasteiger partial charge in [0.15, 0.2) is 6.10 Å². The zero-order valence-electron chi connectivity index (χ0n) is 36.5. The van der Waals surface area contributed by atoms with Gasteiger partial charge in [-0.25, -0.2) is 0 Å². The van der Waals surface area contributed by atoms with Crippen LogP contribution in [0.15, 0.2) is 134 Å². The van der Waals surface area contributed by atoms with Crippen LogP contribution in [0.3, 0.4) is 0 Å². The summed E-state index contributed by atoms with van der Waals surface area (Å²) in [4.78, 5) is 37.7. The number of allylic oxidation sites excluding steroid dienone is 22. The number of hydrogen-bond donors (Lipinski definition) is 0. The van der Waals surface area contributed by atoms with E-state index in [0.29, 0.717) is 12.8 Å². The molecule has 0 aromatic carbocycles. The molecule has 0 heterocycles. The van der Waals surface area contributed by atoms with Crippen molar-refractivity contribution in [2.75, 3.05) is 13.2 Å². The van der Waals surface area contributed by atoms with Crippen LogP contribution in [-0.2, 0) is 28.6 Å². The maximum absolute atomic E-state index is 12.7. The van der Waals surface area contributed by atoms with Crippen molar-refractivity contribution in [1.29, 1.82) is 0 Å². The first-order valence-corrected chi connectivity index (χ1v) is 22.3. The summed E-state index contributed by atoms with van der Waals surface area (Å²) in [5.41, 5.74) is 0. The second kappa shape index (κ2) is 45.3. The molecule has 6 nitrogen and oxygen atoms in total. The lowest BCUT2D eigenvalue weighted by Crippen LogP contribution is -2.30. The highest BCUT2D eigenvalue weighted by Gasteiger charge is 2.19. The Labute approximate surface area is 354 Å². The first kappa shape index (κ1) is 53.6. The van der Waals surface area contributed by atoms with Crippen LogP contribution in [0, 0.1) is 0 Å². The quantitative estimate of drug-likeness (QED) is 0.0205. The van der Waals surface area contributed by atoms with Crippen LogP contribution in [0.2, 0.25) is 0 Å². The normalized spacial score (nSPS) is 13.4. The van der Waals surface area contributed by atoms with E-state index in [0.717, 1.165) is 103 Å². The van der Waals surface area contributed by atoms with Crippen molar-refractivity contribution in [1.82, 2.24) is 0 Å². The maximum Gasteiger partial charge on any atom is 0.306 e. The minimum Gasteiger partial charge on any atom is -0.462 e. The topological polar surface area (TPSA) is 78.9 Å². The summed E-state index contributed by atoms with van der Waals surface area (Å²) in [6, 6.07) is 0. The van der Waals surface area contributed by atoms with E-state index in [1.54, 1.807) is 0 Å². The molecule has 1 unspecified atom stereocenters. The van der Waals surface area contributed by atoms with Crippen LogP contribution in [0.25, 0.3) is 0 Å². The summed E-state index contributed by atoms with van der Waals surface area (Å²) >= 11 is 0. The molecule has 1 atom stereocenters. The maximum atomic E-state index is 12.7. The first-order chi connectivity index (χ1) is 28.5. The molecule has 0 saturated heterocycles. The fourth-order valence-electron chi connectivity index (χ4n) is 5.26. The Morgan fingerprint density at radius 2 is 0.724 bits per heavy atom. The molecule has 0 aliphatic carbocycles. The van der Waals surface area contributed by atoms with E-state index < -0.39 is 6.10 Å². The second-order valence-electron chi connectivity index (χ2n) is 13.9. The molecule has 322 valence electrons. The molecule has 0 bridgehead atoms. The minimum atomic E-state index is -0.830. The summed E-state index contributed by atoms with van der Waals surface area (Å²) < 4.78 is 16.6. The van der Waals surface area contributed by atoms with Crippen LogP contribution >= 0.6 is 0 Å². The van der Waals surface area contributed by atoms with E-state index in [1.807, 2.05) is 48.6 Å². The lowest BCUT2D eigenvalue weighted by atomic mass is 10.1. The van der Waals surface area contributed by atoms with Gasteiger partial charge in [0, 0.05) is 19.3 Å². The molecule has 0 amide bonds. The van der Waals surface area contributed by atoms with Gasteiger partial charge < -0.3 is 14.2 Å². The molecule has 0 aromatic rings. The average molecular weight is 799 g/mol. The number of rotatable bonds is 37. The molecule has 0 rings (SSSR count). The molecule has 0 aromatic heterocycles. The van der Waals surface area contributed by atoms with Crippen molar-refractivity contribution < 1.29 is 28.6 Å². The molecule has 0 aliphatic rings. The zero-order chi connectivity index (χ0) is 42.3. The standard InChI is InChI=1S/C52H78O6/c1-4-7-10-13-16-19-22-24-26-28-30-33-36-39-42-45-51(54)57-48-49(47-56-50(53)44-41-38-35-32-29-21-18-15-12-9-6-3)58-52(55)46-43-40-37-34-31-27-25-23-20-17-14-11-8-5-2/h7-13,16-22,24-28,30,32,35,49H,4-6,14-15,23,29,31,33-34,36-48H2,1-3H3/b10-7-,11-8-,12-9-,16-13-,20-17-,21-18-,22-19-,26-24-,27-25-,30-28-,35-32-. The third-order valence-corrected chi connectivity index (χ3v) is 8.51. The molecule has 0 aliphatic heterocycles. The van der Waals surface area contributed by atoms with Gasteiger partial charge in [0.1, 0.15) is 13.2 Å². The Balaban J connectivity index is 4.60. The number of esters is 3. The van der Waals surface area contributed by atoms with E-state index in [-0.39, 0.29) is 50.4 Å². The Bertz CT molecular complexity index is 1330. The van der Waals surface area contributed by atoms with E-state index in [2.05, 4.69) is 106 Å². The van der Waals surface area contributed by atoms with Crippen molar-refractivity contribution in [2.45, 2.75) is 162 Å². The summed E-state index contributed by atoms with van der Waals surface area (Å²) in [5.74, 6) is -1.06. The highest BCUT2D eigenvalue weighted by Crippen LogP contribution is 2.11. The van der Waals surface area contributed by atoms with Crippen LogP contribution in [-0.4, -0.2) is 37.2 Å². The zero-order valence-corrected chi connectivity index (χ0v) is 36.5. The van der Waals surface area contributed by atoms with Gasteiger partial charge in [0.2, 0.25) is 0 Å². The molecule has 0 spiro atoms. The number of carbonyl (C=O) groups excluding carboxylic acids is 3. The molecular weight excluding hydrogens is 721 g/mol. The van der Waals surface area contributed by atoms with Gasteiger partial charge in [-0.15, -0.1) is 0 Å². The first-order valence-electron chi connectivity index (χ1n) is 22.3. The summed E-state index contributed by atoms with van der Waals surface area (Å²) in [5, 5.41) is 0. The van der Waals surface area contributed by atoms with Crippen LogP contribution in [0.1, 0.15) is 156 Å². The lowest BCUT2D eigenvalue weighted by Gasteiger charge is -2.18. The smallest absolute Gasteiger partial charge is 0.306 e. The molecule has 6 heteroatoms. The van der Waals surface area contributed by atoms with Crippen LogP contribution < -0.4 is 0 Å². The molecule has 0 N–H and O–H groups in total. The Morgan fingerprint density at radius 1 is 0.362 bits per heavy atom. The highest BCUT2D eigenvalue weighted by atomic mass is 16.6. The SMILES string of the molecule is CC\C=C/C=C\C=C/C=C\C=C/CCCCCC(=O)OCC(COC(=O)CCC/C=C\C/C=C\C/C=C\CC)OC(=O)CCCCCC/C=C\C/C=C\C/C=C\CC. The van der Waals surface area contributed by atoms with Gasteiger partial charge in [-0.05, 0) is 96.3 Å². The van der Waals surface area contributed by atoms with Crippen molar-refractivity contribution in [3.05, 3.63) is 134 Å². The van der Waals surface area contributed by atoms with Crippen molar-refractivity contribution in [2.24, 2.45) is 0 Å². The molecular formula is C52H78O6. The lowest BCUT2D eigenvalue weighted by molar-refractivity contribution is -0.167. The molecule has 0 radical (unpaired) electrons.